The number of benzene rings is 2. The second-order valence-electron chi connectivity index (χ2n) is 10.6. The van der Waals surface area contributed by atoms with E-state index in [1.54, 1.807) is 58.0 Å². The second-order valence-corrected chi connectivity index (χ2v) is 11.0. The lowest BCUT2D eigenvalue weighted by atomic mass is 10.0. The molecule has 1 aliphatic rings. The van der Waals surface area contributed by atoms with Crippen LogP contribution in [-0.2, 0) is 19.1 Å². The Morgan fingerprint density at radius 2 is 1.77 bits per heavy atom. The number of aromatic hydroxyl groups is 1. The number of alkyl carbamates (subject to hydrolysis) is 1. The lowest BCUT2D eigenvalue weighted by molar-refractivity contribution is -0.141. The Morgan fingerprint density at radius 1 is 1.13 bits per heavy atom. The molecular weight excluding hydrogens is 524 g/mol. The van der Waals surface area contributed by atoms with Gasteiger partial charge in [-0.1, -0.05) is 35.9 Å². The number of nitrogens with one attached hydrogen (secondary N) is 2. The maximum absolute atomic E-state index is 14.1. The van der Waals surface area contributed by atoms with Crippen LogP contribution in [0.2, 0.25) is 5.02 Å². The largest absolute Gasteiger partial charge is 0.508 e. The summed E-state index contributed by atoms with van der Waals surface area (Å²) in [6, 6.07) is 8.58. The first-order chi connectivity index (χ1) is 18.3. The Morgan fingerprint density at radius 3 is 2.31 bits per heavy atom. The predicted molar refractivity (Wildman–Crippen MR) is 147 cm³/mol. The number of rotatable bonds is 10. The van der Waals surface area contributed by atoms with E-state index >= 15 is 0 Å². The molecule has 0 saturated heterocycles. The SMILES string of the molecule is Cc1cccc(Cl)c1NC(=O)C(c1ccc(O)cc1)N(C(=O)C(CCC(N)=O)NC(=O)OC(C)(C)C)C1CC1. The van der Waals surface area contributed by atoms with E-state index in [0.29, 0.717) is 29.1 Å². The zero-order chi connectivity index (χ0) is 28.9. The molecule has 0 heterocycles. The molecule has 1 saturated carbocycles. The average Bonchev–Trinajstić information content (AvgIpc) is 3.66. The Kier molecular flexibility index (Phi) is 9.45. The molecule has 0 spiro atoms. The first-order valence-electron chi connectivity index (χ1n) is 12.7. The molecule has 2 aromatic carbocycles. The van der Waals surface area contributed by atoms with Crippen LogP contribution in [0.5, 0.6) is 5.75 Å². The van der Waals surface area contributed by atoms with E-state index in [4.69, 9.17) is 22.1 Å². The van der Waals surface area contributed by atoms with Crippen molar-refractivity contribution in [3.63, 3.8) is 0 Å². The number of nitrogens with zero attached hydrogens (tertiary/aromatic N) is 1. The molecule has 1 aliphatic carbocycles. The van der Waals surface area contributed by atoms with Crippen molar-refractivity contribution < 1.29 is 29.0 Å². The van der Waals surface area contributed by atoms with Gasteiger partial charge in [-0.25, -0.2) is 4.79 Å². The number of primary amides is 1. The molecule has 2 atom stereocenters. The summed E-state index contributed by atoms with van der Waals surface area (Å²) in [5.74, 6) is -1.73. The zero-order valence-electron chi connectivity index (χ0n) is 22.5. The standard InChI is InChI=1S/C28H35ClN4O6/c1-16-6-5-7-20(29)23(16)32-25(36)24(17-8-12-19(34)13-9-17)33(18-10-11-18)26(37)21(14-15-22(30)35)31-27(38)39-28(2,3)4/h5-9,12-13,18,21,24,34H,10-11,14-15H2,1-4H3,(H2,30,35)(H,31,38)(H,32,36). The third-order valence-corrected chi connectivity index (χ3v) is 6.38. The topological polar surface area (TPSA) is 151 Å². The van der Waals surface area contributed by atoms with Crippen molar-refractivity contribution in [1.82, 2.24) is 10.2 Å². The number of hydrogen-bond donors (Lipinski definition) is 4. The van der Waals surface area contributed by atoms with Crippen LogP contribution in [0.4, 0.5) is 10.5 Å². The minimum absolute atomic E-state index is 0.00455. The van der Waals surface area contributed by atoms with Crippen LogP contribution in [0.15, 0.2) is 42.5 Å². The molecule has 0 aromatic heterocycles. The summed E-state index contributed by atoms with van der Waals surface area (Å²) in [5.41, 5.74) is 6.11. The van der Waals surface area contributed by atoms with Crippen LogP contribution in [0, 0.1) is 6.92 Å². The number of phenolic OH excluding ortho intramolecular Hbond substituents is 1. The van der Waals surface area contributed by atoms with Crippen molar-refractivity contribution in [3.05, 3.63) is 58.6 Å². The van der Waals surface area contributed by atoms with Crippen LogP contribution in [0.25, 0.3) is 0 Å². The van der Waals surface area contributed by atoms with E-state index in [1.165, 1.54) is 17.0 Å². The van der Waals surface area contributed by atoms with Crippen molar-refractivity contribution in [2.75, 3.05) is 5.32 Å². The Labute approximate surface area is 232 Å². The van der Waals surface area contributed by atoms with E-state index in [2.05, 4.69) is 10.6 Å². The summed E-state index contributed by atoms with van der Waals surface area (Å²) in [5, 5.41) is 15.6. The number of hydrogen-bond acceptors (Lipinski definition) is 6. The zero-order valence-corrected chi connectivity index (χ0v) is 23.2. The molecule has 210 valence electrons. The van der Waals surface area contributed by atoms with Gasteiger partial charge in [-0.05, 0) is 76.3 Å². The number of carbonyl (C=O) groups is 4. The lowest BCUT2D eigenvalue weighted by Gasteiger charge is -2.35. The first kappa shape index (κ1) is 29.8. The van der Waals surface area contributed by atoms with E-state index in [0.717, 1.165) is 5.56 Å². The Hall–Kier alpha value is -3.79. The van der Waals surface area contributed by atoms with Gasteiger partial charge in [-0.15, -0.1) is 0 Å². The van der Waals surface area contributed by atoms with Crippen molar-refractivity contribution in [2.24, 2.45) is 5.73 Å². The predicted octanol–water partition coefficient (Wildman–Crippen LogP) is 4.18. The highest BCUT2D eigenvalue weighted by Crippen LogP contribution is 2.37. The highest BCUT2D eigenvalue weighted by molar-refractivity contribution is 6.34. The molecule has 4 amide bonds. The number of para-hydroxylation sites is 1. The van der Waals surface area contributed by atoms with Gasteiger partial charge in [0.15, 0.2) is 0 Å². The Bertz CT molecular complexity index is 1200. The van der Waals surface area contributed by atoms with Crippen LogP contribution < -0.4 is 16.4 Å². The number of amides is 4. The molecule has 0 aliphatic heterocycles. The molecule has 3 rings (SSSR count). The number of nitrogens with two attached hydrogens (primary N) is 1. The van der Waals surface area contributed by atoms with Gasteiger partial charge in [0.25, 0.3) is 5.91 Å². The third kappa shape index (κ3) is 8.35. The highest BCUT2D eigenvalue weighted by atomic mass is 35.5. The quantitative estimate of drug-likeness (QED) is 0.343. The summed E-state index contributed by atoms with van der Waals surface area (Å²) < 4.78 is 5.33. The van der Waals surface area contributed by atoms with Crippen LogP contribution in [0.3, 0.4) is 0 Å². The summed E-state index contributed by atoms with van der Waals surface area (Å²) in [6.07, 6.45) is 0.212. The maximum Gasteiger partial charge on any atom is 0.408 e. The van der Waals surface area contributed by atoms with Crippen molar-refractivity contribution in [1.29, 1.82) is 0 Å². The minimum Gasteiger partial charge on any atom is -0.508 e. The van der Waals surface area contributed by atoms with E-state index in [-0.39, 0.29) is 24.6 Å². The first-order valence-corrected chi connectivity index (χ1v) is 13.1. The maximum atomic E-state index is 14.1. The van der Waals surface area contributed by atoms with Gasteiger partial charge in [-0.2, -0.15) is 0 Å². The van der Waals surface area contributed by atoms with Crippen molar-refractivity contribution in [2.45, 2.75) is 77.1 Å². The molecule has 0 radical (unpaired) electrons. The molecule has 2 unspecified atom stereocenters. The van der Waals surface area contributed by atoms with Gasteiger partial charge in [-0.3, -0.25) is 14.4 Å². The monoisotopic (exact) mass is 558 g/mol. The second kappa shape index (κ2) is 12.4. The lowest BCUT2D eigenvalue weighted by Crippen LogP contribution is -2.53. The molecule has 1 fully saturated rings. The summed E-state index contributed by atoms with van der Waals surface area (Å²) in [6.45, 7) is 6.85. The summed E-state index contributed by atoms with van der Waals surface area (Å²) >= 11 is 6.36. The van der Waals surface area contributed by atoms with Gasteiger partial charge in [0.05, 0.1) is 10.7 Å². The summed E-state index contributed by atoms with van der Waals surface area (Å²) in [4.78, 5) is 53.5. The number of carbonyl (C=O) groups excluding carboxylic acids is 4. The number of anilines is 1. The van der Waals surface area contributed by atoms with Gasteiger partial charge in [0.2, 0.25) is 11.8 Å². The number of phenols is 1. The van der Waals surface area contributed by atoms with Gasteiger partial charge >= 0.3 is 6.09 Å². The fourth-order valence-corrected chi connectivity index (χ4v) is 4.39. The fraction of sp³-hybridized carbons (Fsp3) is 0.429. The van der Waals surface area contributed by atoms with Crippen molar-refractivity contribution in [3.8, 4) is 5.75 Å². The smallest absolute Gasteiger partial charge is 0.408 e. The minimum atomic E-state index is -1.18. The number of aryl methyl sites for hydroxylation is 1. The molecule has 0 bridgehead atoms. The summed E-state index contributed by atoms with van der Waals surface area (Å²) in [7, 11) is 0. The van der Waals surface area contributed by atoms with Crippen LogP contribution in [-0.4, -0.2) is 51.5 Å². The Balaban J connectivity index is 2.01. The van der Waals surface area contributed by atoms with E-state index < -0.39 is 41.5 Å². The molecule has 10 nitrogen and oxygen atoms in total. The fourth-order valence-electron chi connectivity index (χ4n) is 4.12. The van der Waals surface area contributed by atoms with Gasteiger partial charge < -0.3 is 31.1 Å². The number of halogens is 1. The van der Waals surface area contributed by atoms with E-state index in [9.17, 15) is 24.3 Å². The van der Waals surface area contributed by atoms with Crippen molar-refractivity contribution >= 4 is 41.1 Å². The van der Waals surface area contributed by atoms with Crippen LogP contribution in [0.1, 0.15) is 63.6 Å². The van der Waals surface area contributed by atoms with Gasteiger partial charge in [0.1, 0.15) is 23.4 Å². The average molecular weight is 559 g/mol. The van der Waals surface area contributed by atoms with E-state index in [1.807, 2.05) is 0 Å². The normalized spacial score (nSPS) is 14.6. The highest BCUT2D eigenvalue weighted by Gasteiger charge is 2.44. The molecule has 2 aromatic rings. The molecular formula is C28H35ClN4O6. The number of ether oxygens (including phenoxy) is 1. The molecule has 5 N–H and O–H groups in total. The molecule has 39 heavy (non-hydrogen) atoms. The van der Waals surface area contributed by atoms with Crippen LogP contribution >= 0.6 is 11.6 Å². The third-order valence-electron chi connectivity index (χ3n) is 6.07. The van der Waals surface area contributed by atoms with Gasteiger partial charge in [0, 0.05) is 12.5 Å². The molecule has 11 heteroatoms.